The Morgan fingerprint density at radius 1 is 1.30 bits per heavy atom. The predicted octanol–water partition coefficient (Wildman–Crippen LogP) is 4.25. The second kappa shape index (κ2) is 6.41. The van der Waals surface area contributed by atoms with Crippen molar-refractivity contribution in [2.75, 3.05) is 5.32 Å². The summed E-state index contributed by atoms with van der Waals surface area (Å²) in [5.41, 5.74) is -1.20. The SMILES string of the molecule is CC(C)(C)OC(=O)Nc1sc(-c2c(F)cccc2F)nc1C=O. The molecule has 1 aromatic heterocycles. The first-order valence-electron chi connectivity index (χ1n) is 6.61. The van der Waals surface area contributed by atoms with Crippen LogP contribution in [0.1, 0.15) is 31.3 Å². The highest BCUT2D eigenvalue weighted by Crippen LogP contribution is 2.34. The van der Waals surface area contributed by atoms with Gasteiger partial charge in [0.2, 0.25) is 0 Å². The first kappa shape index (κ1) is 17.0. The lowest BCUT2D eigenvalue weighted by atomic mass is 10.2. The number of benzene rings is 1. The highest BCUT2D eigenvalue weighted by Gasteiger charge is 2.22. The average molecular weight is 340 g/mol. The second-order valence-corrected chi connectivity index (χ2v) is 6.57. The molecule has 0 atom stereocenters. The van der Waals surface area contributed by atoms with E-state index >= 15 is 0 Å². The third-order valence-corrected chi connectivity index (χ3v) is 3.56. The van der Waals surface area contributed by atoms with Gasteiger partial charge >= 0.3 is 6.09 Å². The van der Waals surface area contributed by atoms with Gasteiger partial charge in [0.25, 0.3) is 0 Å². The zero-order valence-electron chi connectivity index (χ0n) is 12.6. The zero-order chi connectivity index (χ0) is 17.2. The lowest BCUT2D eigenvalue weighted by Gasteiger charge is -2.19. The van der Waals surface area contributed by atoms with E-state index in [2.05, 4.69) is 10.3 Å². The van der Waals surface area contributed by atoms with Crippen molar-refractivity contribution in [3.8, 4) is 10.6 Å². The number of halogens is 2. The van der Waals surface area contributed by atoms with Crippen molar-refractivity contribution in [3.63, 3.8) is 0 Å². The van der Waals surface area contributed by atoms with E-state index in [0.717, 1.165) is 23.5 Å². The molecule has 0 radical (unpaired) electrons. The van der Waals surface area contributed by atoms with E-state index in [1.807, 2.05) is 0 Å². The van der Waals surface area contributed by atoms with Gasteiger partial charge in [-0.25, -0.2) is 18.6 Å². The topological polar surface area (TPSA) is 68.3 Å². The van der Waals surface area contributed by atoms with E-state index in [1.54, 1.807) is 20.8 Å². The highest BCUT2D eigenvalue weighted by atomic mass is 32.1. The van der Waals surface area contributed by atoms with E-state index in [0.29, 0.717) is 6.29 Å². The molecule has 2 rings (SSSR count). The van der Waals surface area contributed by atoms with Gasteiger partial charge in [-0.3, -0.25) is 10.1 Å². The van der Waals surface area contributed by atoms with Crippen molar-refractivity contribution >= 4 is 28.7 Å². The van der Waals surface area contributed by atoms with Crippen LogP contribution in [0.15, 0.2) is 18.2 Å². The summed E-state index contributed by atoms with van der Waals surface area (Å²) in [6.45, 7) is 5.04. The number of ether oxygens (including phenoxy) is 1. The maximum atomic E-state index is 13.8. The molecule has 0 unspecified atom stereocenters. The monoisotopic (exact) mass is 340 g/mol. The molecule has 1 N–H and O–H groups in total. The number of nitrogens with zero attached hydrogens (tertiary/aromatic N) is 1. The van der Waals surface area contributed by atoms with E-state index < -0.39 is 23.3 Å². The molecule has 1 amide bonds. The number of anilines is 1. The lowest BCUT2D eigenvalue weighted by Crippen LogP contribution is -2.27. The van der Waals surface area contributed by atoms with Crippen LogP contribution in [-0.2, 0) is 4.74 Å². The van der Waals surface area contributed by atoms with E-state index in [9.17, 15) is 18.4 Å². The molecule has 0 spiro atoms. The maximum absolute atomic E-state index is 13.8. The Kier molecular flexibility index (Phi) is 4.74. The Hall–Kier alpha value is -2.35. The molecule has 0 bridgehead atoms. The molecular weight excluding hydrogens is 326 g/mol. The molecule has 1 aromatic carbocycles. The van der Waals surface area contributed by atoms with Gasteiger partial charge in [0.15, 0.2) is 6.29 Å². The smallest absolute Gasteiger partial charge is 0.412 e. The first-order chi connectivity index (χ1) is 10.7. The highest BCUT2D eigenvalue weighted by molar-refractivity contribution is 7.19. The molecule has 2 aromatic rings. The van der Waals surface area contributed by atoms with Crippen LogP contribution in [0, 0.1) is 11.6 Å². The molecule has 0 aliphatic rings. The zero-order valence-corrected chi connectivity index (χ0v) is 13.5. The molecular formula is C15H14F2N2O3S. The van der Waals surface area contributed by atoms with Crippen LogP contribution in [0.5, 0.6) is 0 Å². The van der Waals surface area contributed by atoms with Crippen LogP contribution in [0.4, 0.5) is 18.6 Å². The fraction of sp³-hybridized carbons (Fsp3) is 0.267. The van der Waals surface area contributed by atoms with E-state index in [1.165, 1.54) is 6.07 Å². The minimum absolute atomic E-state index is 0.0474. The molecule has 23 heavy (non-hydrogen) atoms. The van der Waals surface area contributed by atoms with Gasteiger partial charge in [-0.15, -0.1) is 0 Å². The van der Waals surface area contributed by atoms with Crippen LogP contribution >= 0.6 is 11.3 Å². The fourth-order valence-corrected chi connectivity index (χ4v) is 2.67. The molecule has 0 aliphatic heterocycles. The maximum Gasteiger partial charge on any atom is 0.412 e. The number of aromatic nitrogens is 1. The number of thiazole rings is 1. The van der Waals surface area contributed by atoms with Crippen LogP contribution in [0.25, 0.3) is 10.6 Å². The molecule has 8 heteroatoms. The second-order valence-electron chi connectivity index (χ2n) is 5.57. The van der Waals surface area contributed by atoms with Crippen molar-refractivity contribution < 1.29 is 23.1 Å². The largest absolute Gasteiger partial charge is 0.444 e. The summed E-state index contributed by atoms with van der Waals surface area (Å²) in [7, 11) is 0. The molecule has 0 saturated carbocycles. The number of amides is 1. The molecule has 0 aliphatic carbocycles. The number of carbonyl (C=O) groups is 2. The number of hydrogen-bond acceptors (Lipinski definition) is 5. The quantitative estimate of drug-likeness (QED) is 0.848. The minimum atomic E-state index is -0.806. The van der Waals surface area contributed by atoms with Gasteiger partial charge < -0.3 is 4.74 Å². The summed E-state index contributed by atoms with van der Waals surface area (Å²) in [6, 6.07) is 3.39. The third-order valence-electron chi connectivity index (χ3n) is 2.56. The number of hydrogen-bond donors (Lipinski definition) is 1. The lowest BCUT2D eigenvalue weighted by molar-refractivity contribution is 0.0636. The predicted molar refractivity (Wildman–Crippen MR) is 82.7 cm³/mol. The van der Waals surface area contributed by atoms with Gasteiger partial charge in [-0.05, 0) is 32.9 Å². The third kappa shape index (κ3) is 4.10. The molecule has 1 heterocycles. The Balaban J connectivity index is 2.35. The first-order valence-corrected chi connectivity index (χ1v) is 7.43. The molecule has 0 fully saturated rings. The Bertz CT molecular complexity index is 733. The molecule has 0 saturated heterocycles. The van der Waals surface area contributed by atoms with E-state index in [4.69, 9.17) is 4.74 Å². The summed E-state index contributed by atoms with van der Waals surface area (Å²) in [6.07, 6.45) is -0.393. The molecule has 5 nitrogen and oxygen atoms in total. The standard InChI is InChI=1S/C15H14F2N2O3S/c1-15(2,3)22-14(21)19-12-10(7-20)18-13(23-12)11-8(16)5-4-6-9(11)17/h4-7H,1-3H3,(H,19,21). The van der Waals surface area contributed by atoms with E-state index in [-0.39, 0.29) is 21.3 Å². The minimum Gasteiger partial charge on any atom is -0.444 e. The van der Waals surface area contributed by atoms with Crippen LogP contribution in [-0.4, -0.2) is 23.0 Å². The number of carbonyl (C=O) groups excluding carboxylic acids is 2. The van der Waals surface area contributed by atoms with Gasteiger partial charge in [0.1, 0.15) is 32.9 Å². The fourth-order valence-electron chi connectivity index (χ4n) is 1.71. The Morgan fingerprint density at radius 3 is 2.43 bits per heavy atom. The normalized spacial score (nSPS) is 11.2. The van der Waals surface area contributed by atoms with Crippen molar-refractivity contribution in [1.82, 2.24) is 4.98 Å². The summed E-state index contributed by atoms with van der Waals surface area (Å²) in [5.74, 6) is -1.61. The summed E-state index contributed by atoms with van der Waals surface area (Å²) >= 11 is 0.786. The van der Waals surface area contributed by atoms with Gasteiger partial charge in [0.05, 0.1) is 5.56 Å². The van der Waals surface area contributed by atoms with Gasteiger partial charge in [-0.1, -0.05) is 17.4 Å². The Morgan fingerprint density at radius 2 is 1.91 bits per heavy atom. The van der Waals surface area contributed by atoms with Gasteiger partial charge in [-0.2, -0.15) is 0 Å². The summed E-state index contributed by atoms with van der Waals surface area (Å²) < 4.78 is 32.7. The average Bonchev–Trinajstić information content (AvgIpc) is 2.78. The Labute approximate surface area is 135 Å². The van der Waals surface area contributed by atoms with Crippen LogP contribution in [0.3, 0.4) is 0 Å². The molecule has 122 valence electrons. The summed E-state index contributed by atoms with van der Waals surface area (Å²) in [5, 5.41) is 2.38. The van der Waals surface area contributed by atoms with Crippen molar-refractivity contribution in [2.24, 2.45) is 0 Å². The number of rotatable bonds is 3. The number of nitrogens with one attached hydrogen (secondary N) is 1. The van der Waals surface area contributed by atoms with Crippen molar-refractivity contribution in [1.29, 1.82) is 0 Å². The van der Waals surface area contributed by atoms with Crippen molar-refractivity contribution in [2.45, 2.75) is 26.4 Å². The van der Waals surface area contributed by atoms with Crippen LogP contribution in [0.2, 0.25) is 0 Å². The van der Waals surface area contributed by atoms with Crippen molar-refractivity contribution in [3.05, 3.63) is 35.5 Å². The number of aldehydes is 1. The van der Waals surface area contributed by atoms with Crippen LogP contribution < -0.4 is 5.32 Å². The van der Waals surface area contributed by atoms with Gasteiger partial charge in [0, 0.05) is 0 Å². The summed E-state index contributed by atoms with van der Waals surface area (Å²) in [4.78, 5) is 26.7.